The van der Waals surface area contributed by atoms with Gasteiger partial charge in [-0.1, -0.05) is 12.1 Å². The summed E-state index contributed by atoms with van der Waals surface area (Å²) in [7, 11) is 0. The summed E-state index contributed by atoms with van der Waals surface area (Å²) in [6, 6.07) is 4.18. The van der Waals surface area contributed by atoms with E-state index in [4.69, 9.17) is 5.84 Å². The highest BCUT2D eigenvalue weighted by Crippen LogP contribution is 2.28. The standard InChI is InChI=1S/C8H8F2N2O/c9-8(10)7-5(4-13)2-1-3-6(7)12-11/h1-4,8,12H,11H2. The molecule has 0 saturated carbocycles. The Morgan fingerprint density at radius 2 is 2.15 bits per heavy atom. The molecule has 5 heteroatoms. The second kappa shape index (κ2) is 3.95. The largest absolute Gasteiger partial charge is 0.324 e. The first kappa shape index (κ1) is 9.60. The zero-order chi connectivity index (χ0) is 9.84. The quantitative estimate of drug-likeness (QED) is 0.429. The fourth-order valence-electron chi connectivity index (χ4n) is 1.06. The molecular formula is C8H8F2N2O. The number of hydrogen-bond donors (Lipinski definition) is 2. The molecule has 3 nitrogen and oxygen atoms in total. The lowest BCUT2D eigenvalue weighted by Gasteiger charge is -2.09. The first-order valence-electron chi connectivity index (χ1n) is 3.53. The second-order valence-corrected chi connectivity index (χ2v) is 2.37. The molecule has 3 N–H and O–H groups in total. The van der Waals surface area contributed by atoms with E-state index >= 15 is 0 Å². The molecule has 0 aliphatic rings. The summed E-state index contributed by atoms with van der Waals surface area (Å²) in [6.07, 6.45) is -2.34. The van der Waals surface area contributed by atoms with Crippen LogP contribution >= 0.6 is 0 Å². The van der Waals surface area contributed by atoms with E-state index in [1.165, 1.54) is 18.2 Å². The zero-order valence-corrected chi connectivity index (χ0v) is 6.63. The Hall–Kier alpha value is -1.49. The van der Waals surface area contributed by atoms with Gasteiger partial charge in [-0.3, -0.25) is 10.6 Å². The van der Waals surface area contributed by atoms with Gasteiger partial charge in [-0.05, 0) is 6.07 Å². The molecule has 0 atom stereocenters. The fourth-order valence-corrected chi connectivity index (χ4v) is 1.06. The van der Waals surface area contributed by atoms with Crippen molar-refractivity contribution in [2.45, 2.75) is 6.43 Å². The topological polar surface area (TPSA) is 55.1 Å². The highest BCUT2D eigenvalue weighted by atomic mass is 19.3. The minimum atomic E-state index is -2.72. The maximum Gasteiger partial charge on any atom is 0.266 e. The SMILES string of the molecule is NNc1cccc(C=O)c1C(F)F. The number of aldehydes is 1. The molecule has 1 rings (SSSR count). The number of nitrogen functional groups attached to an aromatic ring is 1. The molecule has 1 aromatic carbocycles. The molecule has 70 valence electrons. The number of hydrazine groups is 1. The Morgan fingerprint density at radius 1 is 1.46 bits per heavy atom. The van der Waals surface area contributed by atoms with E-state index in [1.807, 2.05) is 0 Å². The van der Waals surface area contributed by atoms with Crippen LogP contribution in [0.4, 0.5) is 14.5 Å². The van der Waals surface area contributed by atoms with Crippen LogP contribution in [0.15, 0.2) is 18.2 Å². The molecule has 0 heterocycles. The number of carbonyl (C=O) groups excluding carboxylic acids is 1. The van der Waals surface area contributed by atoms with Crippen LogP contribution in [0.5, 0.6) is 0 Å². The highest BCUT2D eigenvalue weighted by Gasteiger charge is 2.16. The summed E-state index contributed by atoms with van der Waals surface area (Å²) in [4.78, 5) is 10.4. The molecule has 0 bridgehead atoms. The van der Waals surface area contributed by atoms with Crippen LogP contribution in [0.25, 0.3) is 0 Å². The van der Waals surface area contributed by atoms with Gasteiger partial charge in [-0.15, -0.1) is 0 Å². The number of nitrogens with two attached hydrogens (primary N) is 1. The summed E-state index contributed by atoms with van der Waals surface area (Å²) >= 11 is 0. The Kier molecular flexibility index (Phi) is 2.92. The zero-order valence-electron chi connectivity index (χ0n) is 6.63. The van der Waals surface area contributed by atoms with Crippen molar-refractivity contribution < 1.29 is 13.6 Å². The number of nitrogens with one attached hydrogen (secondary N) is 1. The van der Waals surface area contributed by atoms with Gasteiger partial charge in [0.25, 0.3) is 6.43 Å². The van der Waals surface area contributed by atoms with Gasteiger partial charge in [0.15, 0.2) is 6.29 Å². The average Bonchev–Trinajstić information content (AvgIpc) is 2.16. The average molecular weight is 186 g/mol. The van der Waals surface area contributed by atoms with Crippen LogP contribution in [0, 0.1) is 0 Å². The molecule has 0 saturated heterocycles. The minimum absolute atomic E-state index is 0.0505. The van der Waals surface area contributed by atoms with Gasteiger partial charge in [0.2, 0.25) is 0 Å². The number of benzene rings is 1. The number of rotatable bonds is 3. The number of halogens is 2. The third-order valence-electron chi connectivity index (χ3n) is 1.64. The molecule has 13 heavy (non-hydrogen) atoms. The van der Waals surface area contributed by atoms with Gasteiger partial charge >= 0.3 is 0 Å². The van der Waals surface area contributed by atoms with Crippen molar-refractivity contribution in [1.29, 1.82) is 0 Å². The summed E-state index contributed by atoms with van der Waals surface area (Å²) in [5, 5.41) is 0. The van der Waals surface area contributed by atoms with Gasteiger partial charge in [-0.25, -0.2) is 8.78 Å². The highest BCUT2D eigenvalue weighted by molar-refractivity contribution is 5.80. The lowest BCUT2D eigenvalue weighted by molar-refractivity contribution is 0.110. The molecule has 1 aromatic rings. The molecule has 0 amide bonds. The van der Waals surface area contributed by atoms with E-state index in [9.17, 15) is 13.6 Å². The molecule has 0 aromatic heterocycles. The number of alkyl halides is 2. The Bertz CT molecular complexity index is 315. The van der Waals surface area contributed by atoms with E-state index in [1.54, 1.807) is 0 Å². The molecule has 0 unspecified atom stereocenters. The van der Waals surface area contributed by atoms with Gasteiger partial charge < -0.3 is 5.43 Å². The van der Waals surface area contributed by atoms with E-state index in [2.05, 4.69) is 5.43 Å². The molecule has 0 aliphatic carbocycles. The van der Waals surface area contributed by atoms with E-state index < -0.39 is 6.43 Å². The van der Waals surface area contributed by atoms with Crippen LogP contribution in [0.2, 0.25) is 0 Å². The smallest absolute Gasteiger partial charge is 0.266 e. The predicted octanol–water partition coefficient (Wildman–Crippen LogP) is 1.72. The lowest BCUT2D eigenvalue weighted by atomic mass is 10.1. The normalized spacial score (nSPS) is 10.2. The van der Waals surface area contributed by atoms with Crippen molar-refractivity contribution in [2.75, 3.05) is 5.43 Å². The third-order valence-corrected chi connectivity index (χ3v) is 1.64. The van der Waals surface area contributed by atoms with Gasteiger partial charge in [0.1, 0.15) is 0 Å². The van der Waals surface area contributed by atoms with E-state index in [0.29, 0.717) is 6.29 Å². The number of anilines is 1. The lowest BCUT2D eigenvalue weighted by Crippen LogP contribution is -2.10. The fraction of sp³-hybridized carbons (Fsp3) is 0.125. The van der Waals surface area contributed by atoms with E-state index in [0.717, 1.165) is 0 Å². The summed E-state index contributed by atoms with van der Waals surface area (Å²) in [6.45, 7) is 0. The van der Waals surface area contributed by atoms with Gasteiger partial charge in [0, 0.05) is 5.56 Å². The molecule has 0 radical (unpaired) electrons. The van der Waals surface area contributed by atoms with Crippen molar-refractivity contribution in [3.05, 3.63) is 29.3 Å². The Labute approximate surface area is 73.5 Å². The van der Waals surface area contributed by atoms with E-state index in [-0.39, 0.29) is 16.8 Å². The predicted molar refractivity (Wildman–Crippen MR) is 44.6 cm³/mol. The first-order valence-corrected chi connectivity index (χ1v) is 3.53. The Morgan fingerprint density at radius 3 is 2.62 bits per heavy atom. The van der Waals surface area contributed by atoms with Crippen molar-refractivity contribution in [3.63, 3.8) is 0 Å². The van der Waals surface area contributed by atoms with Crippen molar-refractivity contribution in [3.8, 4) is 0 Å². The molecule has 0 aliphatic heterocycles. The molecule has 0 spiro atoms. The van der Waals surface area contributed by atoms with Crippen LogP contribution in [-0.2, 0) is 0 Å². The summed E-state index contributed by atoms with van der Waals surface area (Å²) in [5.41, 5.74) is 1.77. The second-order valence-electron chi connectivity index (χ2n) is 2.37. The van der Waals surface area contributed by atoms with Crippen LogP contribution in [0.1, 0.15) is 22.3 Å². The monoisotopic (exact) mass is 186 g/mol. The molecule has 0 fully saturated rings. The van der Waals surface area contributed by atoms with Gasteiger partial charge in [0.05, 0.1) is 11.3 Å². The van der Waals surface area contributed by atoms with Crippen molar-refractivity contribution >= 4 is 12.0 Å². The Balaban J connectivity index is 3.29. The van der Waals surface area contributed by atoms with Crippen LogP contribution in [-0.4, -0.2) is 6.29 Å². The number of hydrogen-bond acceptors (Lipinski definition) is 3. The van der Waals surface area contributed by atoms with Gasteiger partial charge in [-0.2, -0.15) is 0 Å². The first-order chi connectivity index (χ1) is 6.20. The number of carbonyl (C=O) groups is 1. The third kappa shape index (κ3) is 1.81. The summed E-state index contributed by atoms with van der Waals surface area (Å²) in [5.74, 6) is 5.01. The van der Waals surface area contributed by atoms with Crippen molar-refractivity contribution in [2.24, 2.45) is 5.84 Å². The minimum Gasteiger partial charge on any atom is -0.324 e. The van der Waals surface area contributed by atoms with Crippen LogP contribution in [0.3, 0.4) is 0 Å². The maximum absolute atomic E-state index is 12.4. The summed E-state index contributed by atoms with van der Waals surface area (Å²) < 4.78 is 24.8. The van der Waals surface area contributed by atoms with Crippen LogP contribution < -0.4 is 11.3 Å². The van der Waals surface area contributed by atoms with Crippen molar-refractivity contribution in [1.82, 2.24) is 0 Å². The maximum atomic E-state index is 12.4. The molecular weight excluding hydrogens is 178 g/mol.